The standard InChI is InChI=1S/C10H12F2O/c1-6-3-10(12)8(4-7(2)13)5-9(6)11/h3,5,7,13H,4H2,1-2H3/t7-/m0/s1. The van der Waals surface area contributed by atoms with Gasteiger partial charge in [0.1, 0.15) is 11.6 Å². The Morgan fingerprint density at radius 2 is 1.92 bits per heavy atom. The minimum Gasteiger partial charge on any atom is -0.393 e. The summed E-state index contributed by atoms with van der Waals surface area (Å²) in [6.07, 6.45) is -0.514. The number of aliphatic hydroxyl groups excluding tert-OH is 1. The average Bonchev–Trinajstić information content (AvgIpc) is 1.99. The molecule has 0 heterocycles. The molecule has 1 aromatic rings. The summed E-state index contributed by atoms with van der Waals surface area (Å²) in [5.41, 5.74) is 0.505. The van der Waals surface area contributed by atoms with Gasteiger partial charge in [-0.25, -0.2) is 8.78 Å². The zero-order chi connectivity index (χ0) is 10.0. The molecule has 72 valence electrons. The number of benzene rings is 1. The van der Waals surface area contributed by atoms with Gasteiger partial charge in [0.25, 0.3) is 0 Å². The molecule has 0 unspecified atom stereocenters. The minimum atomic E-state index is -0.656. The summed E-state index contributed by atoms with van der Waals surface area (Å²) in [4.78, 5) is 0. The molecule has 0 saturated heterocycles. The lowest BCUT2D eigenvalue weighted by atomic mass is 10.1. The first-order valence-corrected chi connectivity index (χ1v) is 4.13. The van der Waals surface area contributed by atoms with Crippen molar-refractivity contribution in [2.75, 3.05) is 0 Å². The van der Waals surface area contributed by atoms with Gasteiger partial charge in [-0.2, -0.15) is 0 Å². The molecular formula is C10H12F2O. The molecule has 0 aliphatic heterocycles. The van der Waals surface area contributed by atoms with Crippen LogP contribution < -0.4 is 0 Å². The van der Waals surface area contributed by atoms with E-state index in [9.17, 15) is 8.78 Å². The quantitative estimate of drug-likeness (QED) is 0.750. The van der Waals surface area contributed by atoms with Crippen LogP contribution in [0.15, 0.2) is 12.1 Å². The highest BCUT2D eigenvalue weighted by Gasteiger charge is 2.08. The summed E-state index contributed by atoms with van der Waals surface area (Å²) >= 11 is 0. The first kappa shape index (κ1) is 10.1. The van der Waals surface area contributed by atoms with Gasteiger partial charge < -0.3 is 5.11 Å². The number of aliphatic hydroxyl groups is 1. The topological polar surface area (TPSA) is 20.2 Å². The van der Waals surface area contributed by atoms with E-state index in [2.05, 4.69) is 0 Å². The fourth-order valence-electron chi connectivity index (χ4n) is 1.16. The maximum atomic E-state index is 13.1. The molecule has 0 amide bonds. The fourth-order valence-corrected chi connectivity index (χ4v) is 1.16. The lowest BCUT2D eigenvalue weighted by molar-refractivity contribution is 0.194. The van der Waals surface area contributed by atoms with Gasteiger partial charge in [0.15, 0.2) is 0 Å². The van der Waals surface area contributed by atoms with Crippen LogP contribution in [0.5, 0.6) is 0 Å². The molecule has 1 atom stereocenters. The van der Waals surface area contributed by atoms with Gasteiger partial charge in [0.2, 0.25) is 0 Å². The van der Waals surface area contributed by atoms with Gasteiger partial charge in [0.05, 0.1) is 6.10 Å². The van der Waals surface area contributed by atoms with E-state index in [-0.39, 0.29) is 17.5 Å². The largest absolute Gasteiger partial charge is 0.393 e. The Hall–Kier alpha value is -0.960. The SMILES string of the molecule is Cc1cc(F)c(C[C@H](C)O)cc1F. The van der Waals surface area contributed by atoms with Crippen LogP contribution in [0.1, 0.15) is 18.1 Å². The summed E-state index contributed by atoms with van der Waals surface area (Å²) < 4.78 is 26.1. The van der Waals surface area contributed by atoms with Gasteiger partial charge in [-0.15, -0.1) is 0 Å². The van der Waals surface area contributed by atoms with Gasteiger partial charge in [-0.05, 0) is 37.1 Å². The molecule has 0 saturated carbocycles. The van der Waals surface area contributed by atoms with Crippen molar-refractivity contribution in [3.63, 3.8) is 0 Å². The molecule has 1 nitrogen and oxygen atoms in total. The maximum Gasteiger partial charge on any atom is 0.126 e. The molecule has 1 N–H and O–H groups in total. The van der Waals surface area contributed by atoms with Crippen molar-refractivity contribution in [1.82, 2.24) is 0 Å². The van der Waals surface area contributed by atoms with E-state index in [1.165, 1.54) is 13.8 Å². The molecular weight excluding hydrogens is 174 g/mol. The second-order valence-corrected chi connectivity index (χ2v) is 3.25. The number of halogens is 2. The van der Waals surface area contributed by atoms with Crippen molar-refractivity contribution in [3.8, 4) is 0 Å². The highest BCUT2D eigenvalue weighted by atomic mass is 19.1. The molecule has 0 aromatic heterocycles. The van der Waals surface area contributed by atoms with E-state index in [1.54, 1.807) is 0 Å². The van der Waals surface area contributed by atoms with Crippen molar-refractivity contribution in [3.05, 3.63) is 34.9 Å². The third-order valence-corrected chi connectivity index (χ3v) is 1.84. The molecule has 13 heavy (non-hydrogen) atoms. The normalized spacial score (nSPS) is 13.0. The van der Waals surface area contributed by atoms with Crippen LogP contribution in [-0.4, -0.2) is 11.2 Å². The minimum absolute atomic E-state index is 0.142. The molecule has 0 bridgehead atoms. The molecule has 0 radical (unpaired) electrons. The van der Waals surface area contributed by atoms with Crippen molar-refractivity contribution < 1.29 is 13.9 Å². The Bertz CT molecular complexity index is 308. The zero-order valence-electron chi connectivity index (χ0n) is 7.64. The first-order valence-electron chi connectivity index (χ1n) is 4.13. The van der Waals surface area contributed by atoms with Crippen molar-refractivity contribution in [2.45, 2.75) is 26.4 Å². The smallest absolute Gasteiger partial charge is 0.126 e. The van der Waals surface area contributed by atoms with Crippen LogP contribution in [0.2, 0.25) is 0 Å². The Balaban J connectivity index is 3.01. The van der Waals surface area contributed by atoms with Crippen molar-refractivity contribution >= 4 is 0 Å². The molecule has 1 rings (SSSR count). The second kappa shape index (κ2) is 3.83. The van der Waals surface area contributed by atoms with Crippen molar-refractivity contribution in [2.24, 2.45) is 0 Å². The number of rotatable bonds is 2. The maximum absolute atomic E-state index is 13.1. The van der Waals surface area contributed by atoms with E-state index in [4.69, 9.17) is 5.11 Å². The van der Waals surface area contributed by atoms with E-state index in [0.29, 0.717) is 0 Å². The van der Waals surface area contributed by atoms with Crippen LogP contribution in [-0.2, 0) is 6.42 Å². The number of hydrogen-bond acceptors (Lipinski definition) is 1. The average molecular weight is 186 g/mol. The predicted molar refractivity (Wildman–Crippen MR) is 46.5 cm³/mol. The van der Waals surface area contributed by atoms with Crippen LogP contribution in [0.25, 0.3) is 0 Å². The Kier molecular flexibility index (Phi) is 2.98. The molecule has 0 spiro atoms. The lowest BCUT2D eigenvalue weighted by Crippen LogP contribution is -2.06. The van der Waals surface area contributed by atoms with Crippen LogP contribution in [0.3, 0.4) is 0 Å². The fraction of sp³-hybridized carbons (Fsp3) is 0.400. The Morgan fingerprint density at radius 3 is 2.46 bits per heavy atom. The van der Waals surface area contributed by atoms with Crippen LogP contribution in [0.4, 0.5) is 8.78 Å². The van der Waals surface area contributed by atoms with Gasteiger partial charge >= 0.3 is 0 Å². The van der Waals surface area contributed by atoms with Gasteiger partial charge in [0, 0.05) is 6.42 Å². The third-order valence-electron chi connectivity index (χ3n) is 1.84. The van der Waals surface area contributed by atoms with Gasteiger partial charge in [-0.1, -0.05) is 0 Å². The predicted octanol–water partition coefficient (Wildman–Crippen LogP) is 2.20. The van der Waals surface area contributed by atoms with E-state index >= 15 is 0 Å². The molecule has 0 aliphatic rings. The van der Waals surface area contributed by atoms with E-state index in [0.717, 1.165) is 12.1 Å². The monoisotopic (exact) mass is 186 g/mol. The second-order valence-electron chi connectivity index (χ2n) is 3.25. The third kappa shape index (κ3) is 2.49. The first-order chi connectivity index (χ1) is 6.00. The molecule has 1 aromatic carbocycles. The van der Waals surface area contributed by atoms with E-state index in [1.807, 2.05) is 0 Å². The molecule has 0 fully saturated rings. The van der Waals surface area contributed by atoms with E-state index < -0.39 is 17.7 Å². The summed E-state index contributed by atoms with van der Waals surface area (Å²) in [5.74, 6) is -0.892. The van der Waals surface area contributed by atoms with Gasteiger partial charge in [-0.3, -0.25) is 0 Å². The summed E-state index contributed by atoms with van der Waals surface area (Å²) in [7, 11) is 0. The zero-order valence-corrected chi connectivity index (χ0v) is 7.64. The Morgan fingerprint density at radius 1 is 1.31 bits per heavy atom. The lowest BCUT2D eigenvalue weighted by Gasteiger charge is -2.07. The van der Waals surface area contributed by atoms with Crippen LogP contribution in [0, 0.1) is 18.6 Å². The number of hydrogen-bond donors (Lipinski definition) is 1. The van der Waals surface area contributed by atoms with Crippen molar-refractivity contribution in [1.29, 1.82) is 0 Å². The molecule has 3 heteroatoms. The Labute approximate surface area is 76.0 Å². The molecule has 0 aliphatic carbocycles. The highest BCUT2D eigenvalue weighted by molar-refractivity contribution is 5.25. The summed E-state index contributed by atoms with van der Waals surface area (Å²) in [6.45, 7) is 3.04. The summed E-state index contributed by atoms with van der Waals surface area (Å²) in [5, 5.41) is 9.00. The highest BCUT2D eigenvalue weighted by Crippen LogP contribution is 2.15. The number of aryl methyl sites for hydroxylation is 1. The van der Waals surface area contributed by atoms with Crippen LogP contribution >= 0.6 is 0 Å². The summed E-state index contributed by atoms with van der Waals surface area (Å²) in [6, 6.07) is 2.28.